The number of pyridine rings is 3. The number of ether oxygens (including phenoxy) is 1. The van der Waals surface area contributed by atoms with E-state index in [-0.39, 0.29) is 0 Å². The summed E-state index contributed by atoms with van der Waals surface area (Å²) in [5.41, 5.74) is 10.7. The number of hydrogen-bond donors (Lipinski definition) is 0. The van der Waals surface area contributed by atoms with Crippen molar-refractivity contribution in [2.75, 3.05) is 0 Å². The molecule has 9 aromatic rings. The molecule has 0 unspecified atom stereocenters. The highest BCUT2D eigenvalue weighted by molar-refractivity contribution is 6.12. The molecule has 0 amide bonds. The van der Waals surface area contributed by atoms with Gasteiger partial charge in [0.15, 0.2) is 0 Å². The Bertz CT molecular complexity index is 2600. The van der Waals surface area contributed by atoms with Gasteiger partial charge in [-0.15, -0.1) is 0 Å². The average Bonchev–Trinajstić information content (AvgIpc) is 3.70. The van der Waals surface area contributed by atoms with E-state index >= 15 is 0 Å². The van der Waals surface area contributed by atoms with Crippen LogP contribution in [0, 0.1) is 20.8 Å². The minimum absolute atomic E-state index is 0.737. The van der Waals surface area contributed by atoms with E-state index in [0.717, 1.165) is 66.6 Å². The molecule has 6 heteroatoms. The van der Waals surface area contributed by atoms with E-state index in [4.69, 9.17) is 14.7 Å². The Kier molecular flexibility index (Phi) is 5.14. The highest BCUT2D eigenvalue weighted by atomic mass is 16.5. The van der Waals surface area contributed by atoms with E-state index in [1.54, 1.807) is 0 Å². The Morgan fingerprint density at radius 3 is 2.14 bits per heavy atom. The molecule has 0 N–H and O–H groups in total. The van der Waals surface area contributed by atoms with Crippen LogP contribution in [0.4, 0.5) is 0 Å². The van der Waals surface area contributed by atoms with Crippen LogP contribution in [-0.2, 0) is 0 Å². The fraction of sp³-hybridized carbons (Fsp3) is 0.0789. The summed E-state index contributed by atoms with van der Waals surface area (Å²) in [6.07, 6.45) is 7.84. The zero-order chi connectivity index (χ0) is 29.5. The number of aryl methyl sites for hydroxylation is 3. The Hall–Kier alpha value is -5.75. The molecule has 0 aliphatic heterocycles. The molecule has 0 aliphatic rings. The van der Waals surface area contributed by atoms with Crippen LogP contribution >= 0.6 is 0 Å². The number of fused-ring (bicyclic) bond motifs is 12. The van der Waals surface area contributed by atoms with Crippen molar-refractivity contribution >= 4 is 54.8 Å². The summed E-state index contributed by atoms with van der Waals surface area (Å²) >= 11 is 0. The van der Waals surface area contributed by atoms with E-state index in [1.807, 2.05) is 36.8 Å². The van der Waals surface area contributed by atoms with Crippen molar-refractivity contribution in [1.82, 2.24) is 23.8 Å². The van der Waals surface area contributed by atoms with Crippen molar-refractivity contribution in [3.05, 3.63) is 126 Å². The van der Waals surface area contributed by atoms with E-state index in [0.29, 0.717) is 0 Å². The summed E-state index contributed by atoms with van der Waals surface area (Å²) in [6, 6.07) is 29.4. The molecule has 5 heterocycles. The fourth-order valence-corrected chi connectivity index (χ4v) is 6.99. The van der Waals surface area contributed by atoms with E-state index < -0.39 is 0 Å². The summed E-state index contributed by atoms with van der Waals surface area (Å²) in [5.74, 6) is 1.49. The monoisotopic (exact) mass is 569 g/mol. The summed E-state index contributed by atoms with van der Waals surface area (Å²) in [5, 5.41) is 5.41. The van der Waals surface area contributed by atoms with Gasteiger partial charge in [0.2, 0.25) is 0 Å². The third-order valence-electron chi connectivity index (χ3n) is 8.73. The standard InChI is InChI=1S/C38H27N5O/c1-22-17-23(2)35(24(3)18-22)32-21-43-34-9-6-14-39-36(34)29-13-11-26(20-31(29)38(43)41-32)44-25-10-12-27-28-7-4-5-8-33(28)42-16-15-40-37(42)30(27)19-25/h4-21H,1-3H3. The molecule has 0 saturated heterocycles. The predicted molar refractivity (Wildman–Crippen MR) is 178 cm³/mol. The average molecular weight is 570 g/mol. The molecule has 6 nitrogen and oxygen atoms in total. The third kappa shape index (κ3) is 3.57. The first-order valence-electron chi connectivity index (χ1n) is 14.8. The predicted octanol–water partition coefficient (Wildman–Crippen LogP) is 9.37. The van der Waals surface area contributed by atoms with Crippen molar-refractivity contribution in [1.29, 1.82) is 0 Å². The molecule has 0 aliphatic carbocycles. The number of rotatable bonds is 3. The molecule has 0 bridgehead atoms. The Morgan fingerprint density at radius 2 is 1.32 bits per heavy atom. The molecular weight excluding hydrogens is 542 g/mol. The maximum absolute atomic E-state index is 6.54. The lowest BCUT2D eigenvalue weighted by Gasteiger charge is -2.12. The first-order valence-corrected chi connectivity index (χ1v) is 14.8. The topological polar surface area (TPSA) is 56.7 Å². The van der Waals surface area contributed by atoms with Gasteiger partial charge in [-0.05, 0) is 91.9 Å². The lowest BCUT2D eigenvalue weighted by molar-refractivity contribution is 0.484. The van der Waals surface area contributed by atoms with Gasteiger partial charge in [-0.1, -0.05) is 35.9 Å². The molecule has 0 radical (unpaired) electrons. The number of para-hydroxylation sites is 1. The third-order valence-corrected chi connectivity index (χ3v) is 8.73. The van der Waals surface area contributed by atoms with Crippen molar-refractivity contribution in [2.24, 2.45) is 0 Å². The molecule has 4 aromatic carbocycles. The number of imidazole rings is 2. The highest BCUT2D eigenvalue weighted by Gasteiger charge is 2.17. The van der Waals surface area contributed by atoms with Crippen LogP contribution in [0.1, 0.15) is 16.7 Å². The van der Waals surface area contributed by atoms with E-state index in [9.17, 15) is 0 Å². The first-order chi connectivity index (χ1) is 21.5. The van der Waals surface area contributed by atoms with Gasteiger partial charge in [-0.25, -0.2) is 9.97 Å². The zero-order valence-electron chi connectivity index (χ0n) is 24.5. The van der Waals surface area contributed by atoms with Gasteiger partial charge < -0.3 is 4.74 Å². The van der Waals surface area contributed by atoms with Gasteiger partial charge in [0.05, 0.1) is 22.2 Å². The van der Waals surface area contributed by atoms with Crippen LogP contribution in [0.3, 0.4) is 0 Å². The maximum atomic E-state index is 6.54. The number of aromatic nitrogens is 5. The van der Waals surface area contributed by atoms with Crippen molar-refractivity contribution in [3.63, 3.8) is 0 Å². The molecule has 0 spiro atoms. The summed E-state index contributed by atoms with van der Waals surface area (Å²) in [6.45, 7) is 6.45. The quantitative estimate of drug-likeness (QED) is 0.199. The molecule has 44 heavy (non-hydrogen) atoms. The van der Waals surface area contributed by atoms with E-state index in [2.05, 4.69) is 107 Å². The summed E-state index contributed by atoms with van der Waals surface area (Å²) in [4.78, 5) is 14.7. The van der Waals surface area contributed by atoms with Crippen molar-refractivity contribution in [2.45, 2.75) is 20.8 Å². The van der Waals surface area contributed by atoms with Crippen LogP contribution in [-0.4, -0.2) is 23.8 Å². The van der Waals surface area contributed by atoms with Crippen LogP contribution in [0.15, 0.2) is 110 Å². The van der Waals surface area contributed by atoms with Crippen molar-refractivity contribution in [3.8, 4) is 22.8 Å². The number of nitrogens with zero attached hydrogens (tertiary/aromatic N) is 5. The largest absolute Gasteiger partial charge is 0.457 e. The van der Waals surface area contributed by atoms with Gasteiger partial charge in [0, 0.05) is 51.9 Å². The van der Waals surface area contributed by atoms with Gasteiger partial charge in [0.25, 0.3) is 0 Å². The highest BCUT2D eigenvalue weighted by Crippen LogP contribution is 2.37. The van der Waals surface area contributed by atoms with Crippen LogP contribution < -0.4 is 4.74 Å². The van der Waals surface area contributed by atoms with Gasteiger partial charge in [0.1, 0.15) is 22.8 Å². The van der Waals surface area contributed by atoms with Gasteiger partial charge in [-0.2, -0.15) is 0 Å². The SMILES string of the molecule is Cc1cc(C)c(-c2cn3c4cccnc4c4ccc(Oc5ccc6c7ccccc7n7ccnc7c6c5)cc4c3n2)c(C)c1. The number of hydrogen-bond acceptors (Lipinski definition) is 4. The molecule has 9 rings (SSSR count). The zero-order valence-corrected chi connectivity index (χ0v) is 24.5. The van der Waals surface area contributed by atoms with Crippen LogP contribution in [0.25, 0.3) is 66.0 Å². The minimum atomic E-state index is 0.737. The Labute approximate surface area is 252 Å². The molecule has 210 valence electrons. The molecule has 0 atom stereocenters. The van der Waals surface area contributed by atoms with Crippen molar-refractivity contribution < 1.29 is 4.74 Å². The van der Waals surface area contributed by atoms with E-state index in [1.165, 1.54) is 27.6 Å². The molecule has 0 saturated carbocycles. The second-order valence-corrected chi connectivity index (χ2v) is 11.6. The normalized spacial score (nSPS) is 12.0. The van der Waals surface area contributed by atoms with Crippen LogP contribution in [0.5, 0.6) is 11.5 Å². The molecule has 5 aromatic heterocycles. The first kappa shape index (κ1) is 24.8. The Balaban J connectivity index is 1.23. The van der Waals surface area contributed by atoms with Crippen LogP contribution in [0.2, 0.25) is 0 Å². The number of benzene rings is 4. The molecule has 0 fully saturated rings. The lowest BCUT2D eigenvalue weighted by Crippen LogP contribution is -1.93. The minimum Gasteiger partial charge on any atom is -0.457 e. The summed E-state index contributed by atoms with van der Waals surface area (Å²) in [7, 11) is 0. The maximum Gasteiger partial charge on any atom is 0.146 e. The Morgan fingerprint density at radius 1 is 0.591 bits per heavy atom. The molecular formula is C38H27N5O. The van der Waals surface area contributed by atoms with Gasteiger partial charge in [-0.3, -0.25) is 13.8 Å². The second-order valence-electron chi connectivity index (χ2n) is 11.6. The fourth-order valence-electron chi connectivity index (χ4n) is 6.99. The summed E-state index contributed by atoms with van der Waals surface area (Å²) < 4.78 is 10.8. The second kappa shape index (κ2) is 9.12. The van der Waals surface area contributed by atoms with Gasteiger partial charge >= 0.3 is 0 Å². The smallest absolute Gasteiger partial charge is 0.146 e. The lowest BCUT2D eigenvalue weighted by atomic mass is 9.98.